The number of hydrogen-bond donors (Lipinski definition) is 3. The van der Waals surface area contributed by atoms with Crippen LogP contribution in [0, 0.1) is 0 Å². The van der Waals surface area contributed by atoms with Crippen LogP contribution in [-0.2, 0) is 9.53 Å². The molecule has 0 bridgehead atoms. The quantitative estimate of drug-likeness (QED) is 0.657. The van der Waals surface area contributed by atoms with Gasteiger partial charge in [0.15, 0.2) is 0 Å². The Balaban J connectivity index is 2.11. The molecule has 0 saturated carbocycles. The number of rotatable bonds is 8. The number of carboxylic acids is 1. The van der Waals surface area contributed by atoms with Crippen LogP contribution in [0.4, 0.5) is 5.69 Å². The fourth-order valence-corrected chi connectivity index (χ4v) is 3.09. The molecule has 3 N–H and O–H groups in total. The van der Waals surface area contributed by atoms with Gasteiger partial charge >= 0.3 is 5.97 Å². The van der Waals surface area contributed by atoms with E-state index in [-0.39, 0.29) is 18.9 Å². The molecule has 0 aliphatic carbocycles. The van der Waals surface area contributed by atoms with Gasteiger partial charge in [-0.2, -0.15) is 0 Å². The summed E-state index contributed by atoms with van der Waals surface area (Å²) in [7, 11) is 1.44. The Morgan fingerprint density at radius 1 is 1.19 bits per heavy atom. The number of aliphatic carboxylic acids is 1. The Morgan fingerprint density at radius 2 is 1.96 bits per heavy atom. The minimum absolute atomic E-state index is 0.0554. The van der Waals surface area contributed by atoms with Gasteiger partial charge in [0, 0.05) is 18.4 Å². The van der Waals surface area contributed by atoms with Crippen LogP contribution >= 0.6 is 11.3 Å². The second-order valence-electron chi connectivity index (χ2n) is 6.03. The Kier molecular flexibility index (Phi) is 6.48. The molecular formula is C18H20N2O5S. The van der Waals surface area contributed by atoms with Crippen LogP contribution < -0.4 is 10.6 Å². The Labute approximate surface area is 155 Å². The standard InChI is InChI=1S/C18H20N2O5S/c1-18(11-25-2,10-15(21)22)20-16(23)12-5-3-6-13(9-12)19-17(24)14-7-4-8-26-14/h3-9H,10-11H2,1-2H3,(H,19,24)(H,20,23)(H,21,22). The first-order chi connectivity index (χ1) is 12.3. The summed E-state index contributed by atoms with van der Waals surface area (Å²) in [4.78, 5) is 36.2. The van der Waals surface area contributed by atoms with E-state index >= 15 is 0 Å². The molecule has 2 aromatic rings. The molecule has 0 fully saturated rings. The summed E-state index contributed by atoms with van der Waals surface area (Å²) in [5, 5.41) is 16.3. The number of carbonyl (C=O) groups excluding carboxylic acids is 2. The number of nitrogens with one attached hydrogen (secondary N) is 2. The van der Waals surface area contributed by atoms with Gasteiger partial charge in [-0.1, -0.05) is 12.1 Å². The predicted molar refractivity (Wildman–Crippen MR) is 98.7 cm³/mol. The van der Waals surface area contributed by atoms with Gasteiger partial charge in [0.1, 0.15) is 0 Å². The third-order valence-electron chi connectivity index (χ3n) is 3.55. The highest BCUT2D eigenvalue weighted by atomic mass is 32.1. The van der Waals surface area contributed by atoms with Crippen molar-refractivity contribution in [1.29, 1.82) is 0 Å². The summed E-state index contributed by atoms with van der Waals surface area (Å²) in [6, 6.07) is 9.93. The predicted octanol–water partition coefficient (Wildman–Crippen LogP) is 2.61. The molecule has 26 heavy (non-hydrogen) atoms. The third kappa shape index (κ3) is 5.40. The normalized spacial score (nSPS) is 12.8. The number of methoxy groups -OCH3 is 1. The van der Waals surface area contributed by atoms with Crippen LogP contribution in [0.1, 0.15) is 33.4 Å². The lowest BCUT2D eigenvalue weighted by Crippen LogP contribution is -2.50. The SMILES string of the molecule is COCC(C)(CC(=O)O)NC(=O)c1cccc(NC(=O)c2cccs2)c1. The highest BCUT2D eigenvalue weighted by Crippen LogP contribution is 2.17. The zero-order valence-corrected chi connectivity index (χ0v) is 15.3. The Hall–Kier alpha value is -2.71. The maximum absolute atomic E-state index is 12.5. The summed E-state index contributed by atoms with van der Waals surface area (Å²) in [5.41, 5.74) is -0.266. The minimum Gasteiger partial charge on any atom is -0.481 e. The fraction of sp³-hybridized carbons (Fsp3) is 0.278. The zero-order valence-electron chi connectivity index (χ0n) is 14.4. The summed E-state index contributed by atoms with van der Waals surface area (Å²) in [5.74, 6) is -1.74. The average molecular weight is 376 g/mol. The van der Waals surface area contributed by atoms with Crippen LogP contribution in [0.25, 0.3) is 0 Å². The van der Waals surface area contributed by atoms with Crippen molar-refractivity contribution in [3.63, 3.8) is 0 Å². The van der Waals surface area contributed by atoms with E-state index in [1.807, 2.05) is 0 Å². The van der Waals surface area contributed by atoms with E-state index in [0.29, 0.717) is 16.1 Å². The van der Waals surface area contributed by atoms with Gasteiger partial charge in [-0.25, -0.2) is 0 Å². The molecule has 7 nitrogen and oxygen atoms in total. The summed E-state index contributed by atoms with van der Waals surface area (Å²) in [6.07, 6.45) is -0.276. The van der Waals surface area contributed by atoms with Crippen molar-refractivity contribution in [2.45, 2.75) is 18.9 Å². The van der Waals surface area contributed by atoms with Crippen LogP contribution in [0.15, 0.2) is 41.8 Å². The molecule has 2 rings (SSSR count). The summed E-state index contributed by atoms with van der Waals surface area (Å²) in [6.45, 7) is 1.66. The fourth-order valence-electron chi connectivity index (χ4n) is 2.47. The number of benzene rings is 1. The molecule has 0 spiro atoms. The number of thiophene rings is 1. The third-order valence-corrected chi connectivity index (χ3v) is 4.42. The number of anilines is 1. The Morgan fingerprint density at radius 3 is 2.58 bits per heavy atom. The van der Waals surface area contributed by atoms with Crippen molar-refractivity contribution in [3.8, 4) is 0 Å². The lowest BCUT2D eigenvalue weighted by Gasteiger charge is -2.28. The molecule has 1 aromatic carbocycles. The monoisotopic (exact) mass is 376 g/mol. The topological polar surface area (TPSA) is 105 Å². The van der Waals surface area contributed by atoms with E-state index in [0.717, 1.165) is 0 Å². The van der Waals surface area contributed by atoms with Crippen molar-refractivity contribution in [1.82, 2.24) is 5.32 Å². The van der Waals surface area contributed by atoms with E-state index in [9.17, 15) is 14.4 Å². The smallest absolute Gasteiger partial charge is 0.305 e. The molecular weight excluding hydrogens is 356 g/mol. The Bertz CT molecular complexity index is 791. The van der Waals surface area contributed by atoms with Crippen molar-refractivity contribution in [3.05, 3.63) is 52.2 Å². The van der Waals surface area contributed by atoms with Crippen LogP contribution in [0.3, 0.4) is 0 Å². The molecule has 0 aliphatic rings. The van der Waals surface area contributed by atoms with Crippen molar-refractivity contribution in [2.24, 2.45) is 0 Å². The number of carbonyl (C=O) groups is 3. The molecule has 138 valence electrons. The number of carboxylic acid groups (broad SMARTS) is 1. The number of amides is 2. The van der Waals surface area contributed by atoms with E-state index in [4.69, 9.17) is 9.84 Å². The van der Waals surface area contributed by atoms with Crippen LogP contribution in [-0.4, -0.2) is 42.1 Å². The van der Waals surface area contributed by atoms with Crippen molar-refractivity contribution in [2.75, 3.05) is 19.0 Å². The van der Waals surface area contributed by atoms with Crippen LogP contribution in [0.5, 0.6) is 0 Å². The minimum atomic E-state index is -1.05. The summed E-state index contributed by atoms with van der Waals surface area (Å²) < 4.78 is 5.03. The molecule has 1 unspecified atom stereocenters. The van der Waals surface area contributed by atoms with Crippen molar-refractivity contribution < 1.29 is 24.2 Å². The van der Waals surface area contributed by atoms with Crippen molar-refractivity contribution >= 4 is 34.8 Å². The van der Waals surface area contributed by atoms with Gasteiger partial charge in [-0.15, -0.1) is 11.3 Å². The lowest BCUT2D eigenvalue weighted by atomic mass is 9.98. The van der Waals surface area contributed by atoms with Gasteiger partial charge in [0.2, 0.25) is 0 Å². The zero-order chi connectivity index (χ0) is 19.2. The second-order valence-corrected chi connectivity index (χ2v) is 6.98. The van der Waals surface area contributed by atoms with E-state index in [2.05, 4.69) is 10.6 Å². The molecule has 1 heterocycles. The van der Waals surface area contributed by atoms with E-state index in [1.54, 1.807) is 42.6 Å². The molecule has 1 aromatic heterocycles. The van der Waals surface area contributed by atoms with Gasteiger partial charge in [0.25, 0.3) is 11.8 Å². The molecule has 0 saturated heterocycles. The average Bonchev–Trinajstić information content (AvgIpc) is 3.08. The largest absolute Gasteiger partial charge is 0.481 e. The van der Waals surface area contributed by atoms with Gasteiger partial charge in [0.05, 0.1) is 23.4 Å². The highest BCUT2D eigenvalue weighted by molar-refractivity contribution is 7.12. The first-order valence-electron chi connectivity index (χ1n) is 7.81. The lowest BCUT2D eigenvalue weighted by molar-refractivity contribution is -0.139. The van der Waals surface area contributed by atoms with E-state index < -0.39 is 17.4 Å². The summed E-state index contributed by atoms with van der Waals surface area (Å²) >= 11 is 1.32. The molecule has 2 amide bonds. The number of hydrogen-bond acceptors (Lipinski definition) is 5. The van der Waals surface area contributed by atoms with Gasteiger partial charge in [-0.05, 0) is 36.6 Å². The molecule has 0 aliphatic heterocycles. The second kappa shape index (κ2) is 8.59. The van der Waals surface area contributed by atoms with Gasteiger partial charge < -0.3 is 20.5 Å². The van der Waals surface area contributed by atoms with E-state index in [1.165, 1.54) is 24.5 Å². The number of ether oxygens (including phenoxy) is 1. The first kappa shape index (κ1) is 19.6. The highest BCUT2D eigenvalue weighted by Gasteiger charge is 2.30. The molecule has 1 atom stereocenters. The first-order valence-corrected chi connectivity index (χ1v) is 8.69. The molecule has 8 heteroatoms. The molecule has 0 radical (unpaired) electrons. The maximum atomic E-state index is 12.5. The van der Waals surface area contributed by atoms with Crippen LogP contribution in [0.2, 0.25) is 0 Å². The van der Waals surface area contributed by atoms with Gasteiger partial charge in [-0.3, -0.25) is 14.4 Å². The maximum Gasteiger partial charge on any atom is 0.305 e.